The monoisotopic (exact) mass is 401 g/mol. The maximum absolute atomic E-state index is 13.6. The number of amides is 1. The van der Waals surface area contributed by atoms with Gasteiger partial charge in [-0.1, -0.05) is 35.6 Å². The minimum Gasteiger partial charge on any atom is -0.486 e. The molecule has 0 radical (unpaired) electrons. The van der Waals surface area contributed by atoms with Crippen LogP contribution >= 0.6 is 11.3 Å². The number of nitrogens with zero attached hydrogens (tertiary/aromatic N) is 2. The third kappa shape index (κ3) is 5.34. The van der Waals surface area contributed by atoms with Gasteiger partial charge >= 0.3 is 5.97 Å². The normalized spacial score (nSPS) is 10.5. The number of halogens is 1. The van der Waals surface area contributed by atoms with Crippen molar-refractivity contribution in [2.75, 3.05) is 5.32 Å². The van der Waals surface area contributed by atoms with Crippen LogP contribution in [0.5, 0.6) is 5.75 Å². The van der Waals surface area contributed by atoms with E-state index < -0.39 is 17.7 Å². The van der Waals surface area contributed by atoms with Gasteiger partial charge in [-0.05, 0) is 36.2 Å². The molecule has 0 saturated carbocycles. The Morgan fingerprint density at radius 1 is 1.11 bits per heavy atom. The topological polar surface area (TPSA) is 101 Å². The number of nitrogens with one attached hydrogen (secondary N) is 1. The Morgan fingerprint density at radius 2 is 1.86 bits per heavy atom. The van der Waals surface area contributed by atoms with Crippen molar-refractivity contribution in [3.8, 4) is 5.75 Å². The number of ether oxygens (including phenoxy) is 1. The lowest BCUT2D eigenvalue weighted by Crippen LogP contribution is -2.12. The van der Waals surface area contributed by atoms with Gasteiger partial charge in [-0.25, -0.2) is 4.39 Å². The van der Waals surface area contributed by atoms with Crippen molar-refractivity contribution in [1.82, 2.24) is 10.2 Å². The first-order valence-corrected chi connectivity index (χ1v) is 9.14. The van der Waals surface area contributed by atoms with Gasteiger partial charge in [0.25, 0.3) is 5.91 Å². The number of aliphatic carboxylic acids is 1. The fourth-order valence-electron chi connectivity index (χ4n) is 2.29. The summed E-state index contributed by atoms with van der Waals surface area (Å²) in [7, 11) is 0. The SMILES string of the molecule is O=C(O)CCc1ccc(OCc2nnc(C(=O)Nc3ccccc3F)s2)cc1. The molecular weight excluding hydrogens is 385 g/mol. The summed E-state index contributed by atoms with van der Waals surface area (Å²) in [5.41, 5.74) is 0.973. The highest BCUT2D eigenvalue weighted by Crippen LogP contribution is 2.19. The summed E-state index contributed by atoms with van der Waals surface area (Å²) in [5, 5.41) is 19.5. The van der Waals surface area contributed by atoms with E-state index in [-0.39, 0.29) is 23.7 Å². The van der Waals surface area contributed by atoms with Crippen LogP contribution in [0.1, 0.15) is 26.8 Å². The number of hydrogen-bond donors (Lipinski definition) is 2. The highest BCUT2D eigenvalue weighted by atomic mass is 32.1. The zero-order valence-corrected chi connectivity index (χ0v) is 15.4. The lowest BCUT2D eigenvalue weighted by atomic mass is 10.1. The number of carboxylic acids is 1. The van der Waals surface area contributed by atoms with Gasteiger partial charge in [-0.3, -0.25) is 9.59 Å². The molecule has 0 fully saturated rings. The zero-order chi connectivity index (χ0) is 19.9. The van der Waals surface area contributed by atoms with Crippen LogP contribution in [0, 0.1) is 5.82 Å². The van der Waals surface area contributed by atoms with Crippen molar-refractivity contribution in [3.63, 3.8) is 0 Å². The zero-order valence-electron chi connectivity index (χ0n) is 14.6. The molecule has 9 heteroatoms. The van der Waals surface area contributed by atoms with E-state index in [1.165, 1.54) is 18.2 Å². The molecule has 0 aliphatic heterocycles. The lowest BCUT2D eigenvalue weighted by Gasteiger charge is -2.05. The number of rotatable bonds is 8. The Balaban J connectivity index is 1.54. The predicted octanol–water partition coefficient (Wildman–Crippen LogP) is 3.53. The molecule has 1 amide bonds. The standard InChI is InChI=1S/C19H16FN3O4S/c20-14-3-1-2-4-15(14)21-18(26)19-23-22-16(28-19)11-27-13-8-5-12(6-9-13)7-10-17(24)25/h1-6,8-9H,7,10-11H2,(H,21,26)(H,24,25). The third-order valence-corrected chi connectivity index (χ3v) is 4.59. The summed E-state index contributed by atoms with van der Waals surface area (Å²) in [5.74, 6) is -1.33. The van der Waals surface area contributed by atoms with Crippen molar-refractivity contribution < 1.29 is 23.8 Å². The Labute approximate surface area is 163 Å². The smallest absolute Gasteiger partial charge is 0.303 e. The highest BCUT2D eigenvalue weighted by Gasteiger charge is 2.15. The first kappa shape index (κ1) is 19.4. The number of carbonyl (C=O) groups excluding carboxylic acids is 1. The van der Waals surface area contributed by atoms with Gasteiger partial charge in [0.2, 0.25) is 5.01 Å². The molecule has 0 bridgehead atoms. The van der Waals surface area contributed by atoms with Gasteiger partial charge in [0.05, 0.1) is 5.69 Å². The molecule has 2 N–H and O–H groups in total. The lowest BCUT2D eigenvalue weighted by molar-refractivity contribution is -0.136. The molecular formula is C19H16FN3O4S. The number of aryl methyl sites for hydroxylation is 1. The van der Waals surface area contributed by atoms with Crippen molar-refractivity contribution in [1.29, 1.82) is 0 Å². The minimum atomic E-state index is -0.841. The van der Waals surface area contributed by atoms with Gasteiger partial charge in [0.1, 0.15) is 18.2 Å². The second kappa shape index (κ2) is 9.05. The van der Waals surface area contributed by atoms with Crippen molar-refractivity contribution in [2.45, 2.75) is 19.4 Å². The number of benzene rings is 2. The van der Waals surface area contributed by atoms with Crippen LogP contribution in [0.3, 0.4) is 0 Å². The maximum atomic E-state index is 13.6. The number of anilines is 1. The van der Waals surface area contributed by atoms with Gasteiger partial charge in [-0.2, -0.15) is 0 Å². The van der Waals surface area contributed by atoms with E-state index in [4.69, 9.17) is 9.84 Å². The van der Waals surface area contributed by atoms with E-state index in [0.29, 0.717) is 17.2 Å². The molecule has 0 aliphatic rings. The average molecular weight is 401 g/mol. The number of carboxylic acid groups (broad SMARTS) is 1. The fraction of sp³-hybridized carbons (Fsp3) is 0.158. The summed E-state index contributed by atoms with van der Waals surface area (Å²) in [6, 6.07) is 12.9. The molecule has 0 spiro atoms. The van der Waals surface area contributed by atoms with Crippen LogP contribution in [0.4, 0.5) is 10.1 Å². The Kier molecular flexibility index (Phi) is 6.28. The molecule has 0 saturated heterocycles. The molecule has 1 heterocycles. The fourth-order valence-corrected chi connectivity index (χ4v) is 2.94. The van der Waals surface area contributed by atoms with Crippen LogP contribution in [0.2, 0.25) is 0 Å². The van der Waals surface area contributed by atoms with Crippen LogP contribution < -0.4 is 10.1 Å². The largest absolute Gasteiger partial charge is 0.486 e. The van der Waals surface area contributed by atoms with E-state index in [0.717, 1.165) is 16.9 Å². The summed E-state index contributed by atoms with van der Waals surface area (Å²) in [4.78, 5) is 22.7. The molecule has 3 aromatic rings. The van der Waals surface area contributed by atoms with Gasteiger partial charge in [0, 0.05) is 6.42 Å². The quantitative estimate of drug-likeness (QED) is 0.599. The molecule has 0 aliphatic carbocycles. The second-order valence-electron chi connectivity index (χ2n) is 5.76. The van der Waals surface area contributed by atoms with E-state index in [1.54, 1.807) is 30.3 Å². The second-order valence-corrected chi connectivity index (χ2v) is 6.82. The van der Waals surface area contributed by atoms with E-state index in [1.807, 2.05) is 0 Å². The number of para-hydroxylation sites is 1. The highest BCUT2D eigenvalue weighted by molar-refractivity contribution is 7.13. The molecule has 3 rings (SSSR count). The first-order valence-electron chi connectivity index (χ1n) is 8.33. The molecule has 0 unspecified atom stereocenters. The van der Waals surface area contributed by atoms with Crippen molar-refractivity contribution >= 4 is 28.9 Å². The molecule has 144 valence electrons. The number of aromatic nitrogens is 2. The average Bonchev–Trinajstić information content (AvgIpc) is 3.16. The van der Waals surface area contributed by atoms with Gasteiger partial charge in [-0.15, -0.1) is 10.2 Å². The first-order chi connectivity index (χ1) is 13.5. The molecule has 7 nitrogen and oxygen atoms in total. The molecule has 0 atom stereocenters. The molecule has 1 aromatic heterocycles. The van der Waals surface area contributed by atoms with Crippen molar-refractivity contribution in [2.24, 2.45) is 0 Å². The van der Waals surface area contributed by atoms with E-state index in [2.05, 4.69) is 15.5 Å². The molecule has 28 heavy (non-hydrogen) atoms. The predicted molar refractivity (Wildman–Crippen MR) is 101 cm³/mol. The van der Waals surface area contributed by atoms with Crippen LogP contribution in [-0.2, 0) is 17.8 Å². The maximum Gasteiger partial charge on any atom is 0.303 e. The Morgan fingerprint density at radius 3 is 2.57 bits per heavy atom. The van der Waals surface area contributed by atoms with Crippen LogP contribution in [-0.4, -0.2) is 27.2 Å². The summed E-state index contributed by atoms with van der Waals surface area (Å²) < 4.78 is 19.2. The third-order valence-electron chi connectivity index (χ3n) is 3.70. The van der Waals surface area contributed by atoms with Gasteiger partial charge < -0.3 is 15.2 Å². The van der Waals surface area contributed by atoms with Crippen LogP contribution in [0.15, 0.2) is 48.5 Å². The van der Waals surface area contributed by atoms with E-state index >= 15 is 0 Å². The summed E-state index contributed by atoms with van der Waals surface area (Å²) in [6.07, 6.45) is 0.523. The number of carbonyl (C=O) groups is 2. The summed E-state index contributed by atoms with van der Waals surface area (Å²) >= 11 is 1.05. The number of hydrogen-bond acceptors (Lipinski definition) is 6. The molecule has 2 aromatic carbocycles. The van der Waals surface area contributed by atoms with E-state index in [9.17, 15) is 14.0 Å². The Hall–Kier alpha value is -3.33. The van der Waals surface area contributed by atoms with Crippen molar-refractivity contribution in [3.05, 3.63) is 69.9 Å². The summed E-state index contributed by atoms with van der Waals surface area (Å²) in [6.45, 7) is 0.124. The van der Waals surface area contributed by atoms with Gasteiger partial charge in [0.15, 0.2) is 5.01 Å². The van der Waals surface area contributed by atoms with Crippen LogP contribution in [0.25, 0.3) is 0 Å². The Bertz CT molecular complexity index is 975. The minimum absolute atomic E-state index is 0.0721.